The summed E-state index contributed by atoms with van der Waals surface area (Å²) in [5, 5.41) is 16.2. The smallest absolute Gasteiger partial charge is 0.322 e. The van der Waals surface area contributed by atoms with Gasteiger partial charge in [0, 0.05) is 6.54 Å². The molecule has 0 radical (unpaired) electrons. The lowest BCUT2D eigenvalue weighted by molar-refractivity contribution is -0.140. The van der Waals surface area contributed by atoms with Gasteiger partial charge in [0.1, 0.15) is 18.6 Å². The summed E-state index contributed by atoms with van der Waals surface area (Å²) in [5.41, 5.74) is 11.2. The maximum Gasteiger partial charge on any atom is 0.322 e. The Kier molecular flexibility index (Phi) is 12.4. The highest BCUT2D eigenvalue weighted by Crippen LogP contribution is 2.18. The molecule has 0 saturated carbocycles. The molecule has 0 aliphatic carbocycles. The largest absolute Gasteiger partial charge is 0.480 e. The van der Waals surface area contributed by atoms with Crippen LogP contribution in [0.1, 0.15) is 52.4 Å². The number of nitrogens with two attached hydrogens (primary N) is 2. The zero-order valence-electron chi connectivity index (χ0n) is 19.5. The second-order valence-corrected chi connectivity index (χ2v) is 8.66. The van der Waals surface area contributed by atoms with Crippen LogP contribution in [0.2, 0.25) is 0 Å². The van der Waals surface area contributed by atoms with Crippen molar-refractivity contribution in [3.8, 4) is 0 Å². The number of unbranched alkanes of at least 4 members (excludes halogenated alkanes) is 1. The fourth-order valence-electron chi connectivity index (χ4n) is 3.63. The first-order chi connectivity index (χ1) is 15.6. The van der Waals surface area contributed by atoms with E-state index < -0.39 is 54.3 Å². The van der Waals surface area contributed by atoms with E-state index in [4.69, 9.17) is 16.6 Å². The summed E-state index contributed by atoms with van der Waals surface area (Å²) in [6.45, 7) is 3.80. The second kappa shape index (κ2) is 14.4. The van der Waals surface area contributed by atoms with Crippen molar-refractivity contribution in [2.75, 3.05) is 26.2 Å². The van der Waals surface area contributed by atoms with E-state index >= 15 is 0 Å². The Morgan fingerprint density at radius 3 is 2.33 bits per heavy atom. The number of carbonyl (C=O) groups is 5. The van der Waals surface area contributed by atoms with Gasteiger partial charge < -0.3 is 37.4 Å². The van der Waals surface area contributed by atoms with Crippen LogP contribution in [0, 0.1) is 5.92 Å². The van der Waals surface area contributed by atoms with Crippen molar-refractivity contribution in [2.45, 2.75) is 70.5 Å². The van der Waals surface area contributed by atoms with Crippen LogP contribution in [-0.2, 0) is 24.0 Å². The Morgan fingerprint density at radius 1 is 1.06 bits per heavy atom. The fourth-order valence-corrected chi connectivity index (χ4v) is 3.63. The van der Waals surface area contributed by atoms with Gasteiger partial charge in [-0.05, 0) is 44.6 Å². The molecule has 0 bridgehead atoms. The Morgan fingerprint density at radius 2 is 1.73 bits per heavy atom. The van der Waals surface area contributed by atoms with Crippen molar-refractivity contribution in [1.82, 2.24) is 20.9 Å². The van der Waals surface area contributed by atoms with Crippen molar-refractivity contribution in [2.24, 2.45) is 17.4 Å². The standard InChI is InChI=1S/C21H38N6O6/c1-13(2)10-15(20(32)25-12-18(29)30)26-21(33)16-7-5-9-27(16)17(28)11-24-19(31)14(23)6-3-4-8-22/h13-16H,3-12,22-23H2,1-2H3,(H,24,31)(H,25,32)(H,26,33)(H,29,30)/t14-,15-,16-/m0/s1. The molecule has 1 fully saturated rings. The van der Waals surface area contributed by atoms with Crippen LogP contribution in [-0.4, -0.2) is 83.9 Å². The quantitative estimate of drug-likeness (QED) is 0.161. The highest BCUT2D eigenvalue weighted by molar-refractivity contribution is 5.94. The predicted octanol–water partition coefficient (Wildman–Crippen LogP) is -1.72. The molecule has 1 rings (SSSR count). The van der Waals surface area contributed by atoms with Gasteiger partial charge in [-0.1, -0.05) is 20.3 Å². The molecule has 0 unspecified atom stereocenters. The summed E-state index contributed by atoms with van der Waals surface area (Å²) in [4.78, 5) is 62.1. The summed E-state index contributed by atoms with van der Waals surface area (Å²) in [6, 6.07) is -2.42. The summed E-state index contributed by atoms with van der Waals surface area (Å²) in [5.74, 6) is -3.05. The number of carboxylic acid groups (broad SMARTS) is 1. The van der Waals surface area contributed by atoms with Gasteiger partial charge in [-0.15, -0.1) is 0 Å². The highest BCUT2D eigenvalue weighted by Gasteiger charge is 2.36. The summed E-state index contributed by atoms with van der Waals surface area (Å²) in [7, 11) is 0. The molecule has 0 aromatic heterocycles. The number of likely N-dealkylation sites (tertiary alicyclic amines) is 1. The van der Waals surface area contributed by atoms with E-state index in [9.17, 15) is 24.0 Å². The lowest BCUT2D eigenvalue weighted by Crippen LogP contribution is -2.55. The van der Waals surface area contributed by atoms with E-state index in [0.717, 1.165) is 6.42 Å². The maximum atomic E-state index is 12.9. The van der Waals surface area contributed by atoms with Crippen LogP contribution in [0.5, 0.6) is 0 Å². The van der Waals surface area contributed by atoms with Crippen LogP contribution in [0.3, 0.4) is 0 Å². The molecule has 4 amide bonds. The van der Waals surface area contributed by atoms with Crippen molar-refractivity contribution < 1.29 is 29.1 Å². The van der Waals surface area contributed by atoms with Gasteiger partial charge in [-0.25, -0.2) is 0 Å². The number of aliphatic carboxylic acids is 1. The van der Waals surface area contributed by atoms with Gasteiger partial charge in [0.15, 0.2) is 0 Å². The van der Waals surface area contributed by atoms with Crippen molar-refractivity contribution in [3.05, 3.63) is 0 Å². The molecule has 1 aliphatic heterocycles. The summed E-state index contributed by atoms with van der Waals surface area (Å²) >= 11 is 0. The predicted molar refractivity (Wildman–Crippen MR) is 121 cm³/mol. The maximum absolute atomic E-state index is 12.9. The number of nitrogens with one attached hydrogen (secondary N) is 3. The lowest BCUT2D eigenvalue weighted by atomic mass is 10.0. The summed E-state index contributed by atoms with van der Waals surface area (Å²) < 4.78 is 0. The lowest BCUT2D eigenvalue weighted by Gasteiger charge is -2.27. The Bertz CT molecular complexity index is 701. The van der Waals surface area contributed by atoms with E-state index in [1.54, 1.807) is 0 Å². The van der Waals surface area contributed by atoms with Gasteiger partial charge in [-0.3, -0.25) is 24.0 Å². The van der Waals surface area contributed by atoms with Crippen molar-refractivity contribution in [1.29, 1.82) is 0 Å². The van der Waals surface area contributed by atoms with E-state index in [1.807, 2.05) is 13.8 Å². The third-order valence-corrected chi connectivity index (χ3v) is 5.35. The Labute approximate surface area is 194 Å². The molecule has 0 aromatic rings. The minimum absolute atomic E-state index is 0.0662. The number of hydrogen-bond acceptors (Lipinski definition) is 7. The molecular weight excluding hydrogens is 432 g/mol. The molecule has 1 saturated heterocycles. The molecule has 8 N–H and O–H groups in total. The fraction of sp³-hybridized carbons (Fsp3) is 0.762. The second-order valence-electron chi connectivity index (χ2n) is 8.66. The number of nitrogens with zero attached hydrogens (tertiary/aromatic N) is 1. The van der Waals surface area contributed by atoms with Gasteiger partial charge in [0.05, 0.1) is 12.6 Å². The average Bonchev–Trinajstić information content (AvgIpc) is 3.25. The van der Waals surface area contributed by atoms with Crippen LogP contribution >= 0.6 is 0 Å². The highest BCUT2D eigenvalue weighted by atomic mass is 16.4. The van der Waals surface area contributed by atoms with E-state index in [0.29, 0.717) is 45.2 Å². The molecule has 12 heteroatoms. The third-order valence-electron chi connectivity index (χ3n) is 5.35. The molecule has 0 spiro atoms. The molecule has 1 heterocycles. The first kappa shape index (κ1) is 28.3. The molecule has 0 aromatic carbocycles. The first-order valence-electron chi connectivity index (χ1n) is 11.4. The zero-order chi connectivity index (χ0) is 25.0. The minimum Gasteiger partial charge on any atom is -0.480 e. The van der Waals surface area contributed by atoms with Gasteiger partial charge >= 0.3 is 5.97 Å². The van der Waals surface area contributed by atoms with Gasteiger partial charge in [0.2, 0.25) is 23.6 Å². The molecule has 33 heavy (non-hydrogen) atoms. The topological polar surface area (TPSA) is 197 Å². The van der Waals surface area contributed by atoms with E-state index in [1.165, 1.54) is 4.90 Å². The van der Waals surface area contributed by atoms with Crippen molar-refractivity contribution >= 4 is 29.6 Å². The van der Waals surface area contributed by atoms with Crippen molar-refractivity contribution in [3.63, 3.8) is 0 Å². The number of hydrogen-bond donors (Lipinski definition) is 6. The monoisotopic (exact) mass is 470 g/mol. The molecule has 12 nitrogen and oxygen atoms in total. The Hall–Kier alpha value is -2.73. The SMILES string of the molecule is CC(C)C[C@H](NC(=O)[C@@H]1CCCN1C(=O)CNC(=O)[C@@H](N)CCCCN)C(=O)NCC(=O)O. The molecular formula is C21H38N6O6. The van der Waals surface area contributed by atoms with Gasteiger partial charge in [0.25, 0.3) is 0 Å². The van der Waals surface area contributed by atoms with Gasteiger partial charge in [-0.2, -0.15) is 0 Å². The summed E-state index contributed by atoms with van der Waals surface area (Å²) in [6.07, 6.45) is 3.29. The van der Waals surface area contributed by atoms with E-state index in [-0.39, 0.29) is 12.5 Å². The number of rotatable bonds is 14. The zero-order valence-corrected chi connectivity index (χ0v) is 19.5. The van der Waals surface area contributed by atoms with Crippen LogP contribution in [0.15, 0.2) is 0 Å². The van der Waals surface area contributed by atoms with E-state index in [2.05, 4.69) is 16.0 Å². The molecule has 1 aliphatic rings. The number of carbonyl (C=O) groups excluding carboxylic acids is 4. The number of carboxylic acids is 1. The minimum atomic E-state index is -1.19. The van der Waals surface area contributed by atoms with Crippen LogP contribution in [0.25, 0.3) is 0 Å². The van der Waals surface area contributed by atoms with Crippen LogP contribution < -0.4 is 27.4 Å². The first-order valence-corrected chi connectivity index (χ1v) is 11.4. The molecule has 3 atom stereocenters. The molecule has 188 valence electrons. The normalized spacial score (nSPS) is 17.4. The number of amides is 4. The third kappa shape index (κ3) is 10.2. The van der Waals surface area contributed by atoms with Crippen LogP contribution in [0.4, 0.5) is 0 Å². The Balaban J connectivity index is 2.66. The average molecular weight is 471 g/mol.